The number of methoxy groups -OCH3 is 2. The van der Waals surface area contributed by atoms with Crippen molar-refractivity contribution in [3.05, 3.63) is 66.0 Å². The zero-order valence-corrected chi connectivity index (χ0v) is 12.5. The van der Waals surface area contributed by atoms with E-state index in [1.54, 1.807) is 20.4 Å². The van der Waals surface area contributed by atoms with Gasteiger partial charge in [-0.25, -0.2) is 0 Å². The third-order valence-electron chi connectivity index (χ3n) is 3.69. The first-order chi connectivity index (χ1) is 10.7. The summed E-state index contributed by atoms with van der Waals surface area (Å²) in [4.78, 5) is 4.36. The third-order valence-corrected chi connectivity index (χ3v) is 3.69. The predicted molar refractivity (Wildman–Crippen MR) is 85.4 cm³/mol. The molecule has 0 spiro atoms. The SMILES string of the molecule is COc1ccc([C@@H](O)c2nccc3cc(OC)ccc23)cc1. The van der Waals surface area contributed by atoms with Crippen LogP contribution in [-0.2, 0) is 0 Å². The van der Waals surface area contributed by atoms with Crippen LogP contribution in [-0.4, -0.2) is 24.3 Å². The maximum Gasteiger partial charge on any atom is 0.122 e. The number of fused-ring (bicyclic) bond motifs is 1. The Morgan fingerprint density at radius 1 is 0.909 bits per heavy atom. The summed E-state index contributed by atoms with van der Waals surface area (Å²) in [6.45, 7) is 0. The minimum atomic E-state index is -0.789. The van der Waals surface area contributed by atoms with E-state index in [4.69, 9.17) is 9.47 Å². The molecule has 0 saturated carbocycles. The Morgan fingerprint density at radius 3 is 2.27 bits per heavy atom. The highest BCUT2D eigenvalue weighted by Gasteiger charge is 2.15. The van der Waals surface area contributed by atoms with Crippen LogP contribution in [0.25, 0.3) is 10.8 Å². The monoisotopic (exact) mass is 295 g/mol. The van der Waals surface area contributed by atoms with Gasteiger partial charge in [0.15, 0.2) is 0 Å². The Labute approximate surface area is 129 Å². The van der Waals surface area contributed by atoms with Crippen LogP contribution in [0.3, 0.4) is 0 Å². The Bertz CT molecular complexity index is 784. The first-order valence-electron chi connectivity index (χ1n) is 6.97. The van der Waals surface area contributed by atoms with Gasteiger partial charge in [-0.1, -0.05) is 12.1 Å². The Kier molecular flexibility index (Phi) is 3.94. The van der Waals surface area contributed by atoms with Crippen molar-refractivity contribution >= 4 is 10.8 Å². The van der Waals surface area contributed by atoms with Crippen LogP contribution in [0.4, 0.5) is 0 Å². The van der Waals surface area contributed by atoms with Gasteiger partial charge in [-0.3, -0.25) is 4.98 Å². The van der Waals surface area contributed by atoms with Crippen molar-refractivity contribution in [3.8, 4) is 11.5 Å². The van der Waals surface area contributed by atoms with Crippen molar-refractivity contribution in [2.24, 2.45) is 0 Å². The van der Waals surface area contributed by atoms with Gasteiger partial charge in [0.25, 0.3) is 0 Å². The lowest BCUT2D eigenvalue weighted by Gasteiger charge is -2.14. The number of pyridine rings is 1. The molecular formula is C18H17NO3. The maximum atomic E-state index is 10.6. The van der Waals surface area contributed by atoms with Gasteiger partial charge in [0.1, 0.15) is 17.6 Å². The summed E-state index contributed by atoms with van der Waals surface area (Å²) in [6.07, 6.45) is 0.909. The summed E-state index contributed by atoms with van der Waals surface area (Å²) in [7, 11) is 3.25. The first kappa shape index (κ1) is 14.4. The number of hydrogen-bond donors (Lipinski definition) is 1. The van der Waals surface area contributed by atoms with Crippen molar-refractivity contribution in [2.75, 3.05) is 14.2 Å². The minimum absolute atomic E-state index is 0.630. The number of hydrogen-bond acceptors (Lipinski definition) is 4. The molecule has 0 fully saturated rings. The molecule has 112 valence electrons. The maximum absolute atomic E-state index is 10.6. The van der Waals surface area contributed by atoms with Crippen LogP contribution >= 0.6 is 0 Å². The van der Waals surface area contributed by atoms with Crippen molar-refractivity contribution in [2.45, 2.75) is 6.10 Å². The van der Waals surface area contributed by atoms with E-state index in [9.17, 15) is 5.11 Å². The fraction of sp³-hybridized carbons (Fsp3) is 0.167. The fourth-order valence-corrected chi connectivity index (χ4v) is 2.47. The highest BCUT2D eigenvalue weighted by Crippen LogP contribution is 2.29. The minimum Gasteiger partial charge on any atom is -0.497 e. The number of rotatable bonds is 4. The fourth-order valence-electron chi connectivity index (χ4n) is 2.47. The van der Waals surface area contributed by atoms with E-state index in [0.717, 1.165) is 27.8 Å². The molecule has 22 heavy (non-hydrogen) atoms. The second-order valence-electron chi connectivity index (χ2n) is 4.96. The number of nitrogens with zero attached hydrogens (tertiary/aromatic N) is 1. The van der Waals surface area contributed by atoms with Gasteiger partial charge < -0.3 is 14.6 Å². The summed E-state index contributed by atoms with van der Waals surface area (Å²) >= 11 is 0. The number of aliphatic hydroxyl groups excluding tert-OH is 1. The van der Waals surface area contributed by atoms with Crippen LogP contribution < -0.4 is 9.47 Å². The molecule has 1 atom stereocenters. The highest BCUT2D eigenvalue weighted by molar-refractivity contribution is 5.86. The second kappa shape index (κ2) is 6.03. The highest BCUT2D eigenvalue weighted by atomic mass is 16.5. The van der Waals surface area contributed by atoms with Crippen LogP contribution in [0, 0.1) is 0 Å². The lowest BCUT2D eigenvalue weighted by Crippen LogP contribution is -2.03. The predicted octanol–water partition coefficient (Wildman–Crippen LogP) is 3.33. The molecule has 0 aliphatic heterocycles. The van der Waals surface area contributed by atoms with Gasteiger partial charge >= 0.3 is 0 Å². The van der Waals surface area contributed by atoms with Crippen LogP contribution in [0.1, 0.15) is 17.4 Å². The molecule has 3 rings (SSSR count). The van der Waals surface area contributed by atoms with Crippen LogP contribution in [0.2, 0.25) is 0 Å². The molecule has 1 N–H and O–H groups in total. The number of aliphatic hydroxyl groups is 1. The average Bonchev–Trinajstić information content (AvgIpc) is 2.60. The molecule has 0 saturated heterocycles. The Morgan fingerprint density at radius 2 is 1.59 bits per heavy atom. The summed E-state index contributed by atoms with van der Waals surface area (Å²) < 4.78 is 10.4. The van der Waals surface area contributed by atoms with Gasteiger partial charge in [0.2, 0.25) is 0 Å². The first-order valence-corrected chi connectivity index (χ1v) is 6.97. The van der Waals surface area contributed by atoms with Crippen molar-refractivity contribution in [1.82, 2.24) is 4.98 Å². The lowest BCUT2D eigenvalue weighted by atomic mass is 10.0. The Hall–Kier alpha value is -2.59. The summed E-state index contributed by atoms with van der Waals surface area (Å²) in [6, 6.07) is 15.0. The number of aromatic nitrogens is 1. The lowest BCUT2D eigenvalue weighted by molar-refractivity contribution is 0.217. The molecule has 2 aromatic carbocycles. The van der Waals surface area contributed by atoms with Gasteiger partial charge in [0, 0.05) is 11.6 Å². The molecule has 0 amide bonds. The molecule has 0 aliphatic carbocycles. The molecule has 0 radical (unpaired) electrons. The van der Waals surface area contributed by atoms with E-state index in [1.807, 2.05) is 48.5 Å². The van der Waals surface area contributed by atoms with Gasteiger partial charge in [-0.05, 0) is 47.3 Å². The van der Waals surface area contributed by atoms with Crippen molar-refractivity contribution in [3.63, 3.8) is 0 Å². The van der Waals surface area contributed by atoms with Crippen molar-refractivity contribution in [1.29, 1.82) is 0 Å². The van der Waals surface area contributed by atoms with E-state index in [1.165, 1.54) is 0 Å². The largest absolute Gasteiger partial charge is 0.497 e. The Balaban J connectivity index is 2.04. The molecule has 4 heteroatoms. The second-order valence-corrected chi connectivity index (χ2v) is 4.96. The quantitative estimate of drug-likeness (QED) is 0.802. The molecule has 4 nitrogen and oxygen atoms in total. The molecule has 0 bridgehead atoms. The molecule has 3 aromatic rings. The van der Waals surface area contributed by atoms with Crippen LogP contribution in [0.15, 0.2) is 54.7 Å². The normalized spacial score (nSPS) is 12.1. The summed E-state index contributed by atoms with van der Waals surface area (Å²) in [5.74, 6) is 1.54. The third kappa shape index (κ3) is 2.61. The summed E-state index contributed by atoms with van der Waals surface area (Å²) in [5.41, 5.74) is 1.40. The van der Waals surface area contributed by atoms with Gasteiger partial charge in [-0.2, -0.15) is 0 Å². The zero-order chi connectivity index (χ0) is 15.5. The van der Waals surface area contributed by atoms with E-state index in [0.29, 0.717) is 5.69 Å². The van der Waals surface area contributed by atoms with E-state index in [-0.39, 0.29) is 0 Å². The number of benzene rings is 2. The molecular weight excluding hydrogens is 278 g/mol. The molecule has 1 heterocycles. The van der Waals surface area contributed by atoms with Crippen LogP contribution in [0.5, 0.6) is 11.5 Å². The number of ether oxygens (including phenoxy) is 2. The van der Waals surface area contributed by atoms with E-state index in [2.05, 4.69) is 4.98 Å². The van der Waals surface area contributed by atoms with E-state index < -0.39 is 6.10 Å². The van der Waals surface area contributed by atoms with Gasteiger partial charge in [0.05, 0.1) is 19.9 Å². The standard InChI is InChI=1S/C18H17NO3/c1-21-14-5-3-12(4-6-14)18(20)17-16-8-7-15(22-2)11-13(16)9-10-19-17/h3-11,18,20H,1-2H3/t18-/m1/s1. The van der Waals surface area contributed by atoms with Crippen molar-refractivity contribution < 1.29 is 14.6 Å². The van der Waals surface area contributed by atoms with E-state index >= 15 is 0 Å². The van der Waals surface area contributed by atoms with Gasteiger partial charge in [-0.15, -0.1) is 0 Å². The average molecular weight is 295 g/mol. The topological polar surface area (TPSA) is 51.6 Å². The molecule has 1 aromatic heterocycles. The smallest absolute Gasteiger partial charge is 0.122 e. The zero-order valence-electron chi connectivity index (χ0n) is 12.5. The molecule has 0 aliphatic rings. The summed E-state index contributed by atoms with van der Waals surface area (Å²) in [5, 5.41) is 12.5. The molecule has 0 unspecified atom stereocenters.